The van der Waals surface area contributed by atoms with E-state index in [1.807, 2.05) is 23.3 Å². The van der Waals surface area contributed by atoms with Crippen molar-refractivity contribution in [1.82, 2.24) is 14.9 Å². The summed E-state index contributed by atoms with van der Waals surface area (Å²) in [5.41, 5.74) is 3.42. The highest BCUT2D eigenvalue weighted by molar-refractivity contribution is 6.02. The van der Waals surface area contributed by atoms with Gasteiger partial charge in [-0.05, 0) is 35.5 Å². The topological polar surface area (TPSA) is 95.1 Å². The number of carbonyl (C=O) groups excluding carboxylic acids is 1. The number of hydroxylamine groups is 1. The first-order chi connectivity index (χ1) is 20.5. The van der Waals surface area contributed by atoms with Gasteiger partial charge in [0.15, 0.2) is 5.82 Å². The third-order valence-corrected chi connectivity index (χ3v) is 7.83. The zero-order chi connectivity index (χ0) is 29.1. The Hall–Kier alpha value is -4.67. The molecule has 3 heterocycles. The molecule has 3 aromatic carbocycles. The van der Waals surface area contributed by atoms with Gasteiger partial charge >= 0.3 is 0 Å². The molecular weight excluding hydrogens is 530 g/mol. The van der Waals surface area contributed by atoms with Crippen LogP contribution < -0.4 is 25.3 Å². The van der Waals surface area contributed by atoms with Gasteiger partial charge in [-0.1, -0.05) is 49.0 Å². The van der Waals surface area contributed by atoms with Crippen LogP contribution in [0.15, 0.2) is 79.6 Å². The molecule has 0 bridgehead atoms. The Kier molecular flexibility index (Phi) is 7.89. The molecule has 0 saturated carbocycles. The van der Waals surface area contributed by atoms with E-state index in [0.29, 0.717) is 35.4 Å². The first-order valence-corrected chi connectivity index (χ1v) is 14.1. The zero-order valence-electron chi connectivity index (χ0n) is 23.9. The molecule has 0 unspecified atom stereocenters. The fourth-order valence-corrected chi connectivity index (χ4v) is 5.62. The van der Waals surface area contributed by atoms with Crippen LogP contribution >= 0.6 is 0 Å². The summed E-state index contributed by atoms with van der Waals surface area (Å²) in [5, 5.41) is 10.6. The minimum Gasteiger partial charge on any atom is -0.494 e. The molecule has 1 atom stereocenters. The SMILES string of the molecule is C=CC(=O)Nc1cc(Nc2cc(N3OCC[C@@H]3c3cccc4ccccc34)ncn2)c(OC)cc1N1CCN(C)CC1. The van der Waals surface area contributed by atoms with Crippen molar-refractivity contribution >= 4 is 45.4 Å². The molecular formula is C32H35N7O3. The maximum atomic E-state index is 12.4. The number of carbonyl (C=O) groups is 1. The van der Waals surface area contributed by atoms with Gasteiger partial charge in [0.05, 0.1) is 36.8 Å². The van der Waals surface area contributed by atoms with Crippen LogP contribution in [0.25, 0.3) is 10.8 Å². The number of hydrogen-bond acceptors (Lipinski definition) is 9. The number of benzene rings is 3. The molecule has 10 nitrogen and oxygen atoms in total. The number of nitrogens with one attached hydrogen (secondary N) is 2. The summed E-state index contributed by atoms with van der Waals surface area (Å²) in [6, 6.07) is 20.5. The Balaban J connectivity index is 1.31. The van der Waals surface area contributed by atoms with Crippen molar-refractivity contribution in [3.63, 3.8) is 0 Å². The summed E-state index contributed by atoms with van der Waals surface area (Å²) in [7, 11) is 3.74. The van der Waals surface area contributed by atoms with Gasteiger partial charge in [-0.25, -0.2) is 15.0 Å². The lowest BCUT2D eigenvalue weighted by Crippen LogP contribution is -2.44. The van der Waals surface area contributed by atoms with Gasteiger partial charge in [0, 0.05) is 44.7 Å². The summed E-state index contributed by atoms with van der Waals surface area (Å²) in [6.07, 6.45) is 3.63. The van der Waals surface area contributed by atoms with E-state index >= 15 is 0 Å². The Labute approximate surface area is 245 Å². The standard InChI is InChI=1S/C32H35N7O3/c1-4-32(40)36-25-18-26(29(41-3)19-28(25)38-15-13-37(2)14-16-38)35-30-20-31(34-21-33-30)39-27(12-17-42-39)24-11-7-9-22-8-5-6-10-23(22)24/h4-11,18-21,27H,1,12-17H2,2-3H3,(H,36,40)(H,33,34,35)/t27-/m1/s1. The number of piperazine rings is 1. The number of methoxy groups -OCH3 is 1. The summed E-state index contributed by atoms with van der Waals surface area (Å²) < 4.78 is 5.79. The lowest BCUT2D eigenvalue weighted by Gasteiger charge is -2.35. The fourth-order valence-electron chi connectivity index (χ4n) is 5.62. The zero-order valence-corrected chi connectivity index (χ0v) is 23.9. The van der Waals surface area contributed by atoms with Crippen LogP contribution in [-0.4, -0.2) is 67.7 Å². The third-order valence-electron chi connectivity index (χ3n) is 7.83. The smallest absolute Gasteiger partial charge is 0.247 e. The van der Waals surface area contributed by atoms with Crippen molar-refractivity contribution in [3.8, 4) is 5.75 Å². The molecule has 4 aromatic rings. The van der Waals surface area contributed by atoms with Crippen LogP contribution in [0.1, 0.15) is 18.0 Å². The number of likely N-dealkylation sites (N-methyl/N-ethyl adjacent to an activating group) is 1. The highest BCUT2D eigenvalue weighted by Gasteiger charge is 2.30. The lowest BCUT2D eigenvalue weighted by atomic mass is 9.97. The van der Waals surface area contributed by atoms with Gasteiger partial charge in [0.2, 0.25) is 5.91 Å². The van der Waals surface area contributed by atoms with Gasteiger partial charge in [0.25, 0.3) is 0 Å². The molecule has 2 aliphatic rings. The van der Waals surface area contributed by atoms with Crippen molar-refractivity contribution in [1.29, 1.82) is 0 Å². The van der Waals surface area contributed by atoms with Crippen molar-refractivity contribution in [2.24, 2.45) is 0 Å². The second kappa shape index (κ2) is 12.1. The number of aromatic nitrogens is 2. The highest BCUT2D eigenvalue weighted by atomic mass is 16.7. The van der Waals surface area contributed by atoms with E-state index in [1.54, 1.807) is 7.11 Å². The fraction of sp³-hybridized carbons (Fsp3) is 0.281. The van der Waals surface area contributed by atoms with E-state index in [1.165, 1.54) is 28.7 Å². The van der Waals surface area contributed by atoms with Crippen LogP contribution in [0.4, 0.5) is 28.7 Å². The monoisotopic (exact) mass is 565 g/mol. The van der Waals surface area contributed by atoms with Gasteiger partial charge in [-0.2, -0.15) is 0 Å². The van der Waals surface area contributed by atoms with Gasteiger partial charge < -0.3 is 25.2 Å². The van der Waals surface area contributed by atoms with E-state index in [9.17, 15) is 4.79 Å². The average Bonchev–Trinajstić information content (AvgIpc) is 3.51. The molecule has 2 N–H and O–H groups in total. The predicted molar refractivity (Wildman–Crippen MR) is 167 cm³/mol. The Morgan fingerprint density at radius 2 is 1.86 bits per heavy atom. The molecule has 1 amide bonds. The quantitative estimate of drug-likeness (QED) is 0.282. The van der Waals surface area contributed by atoms with Gasteiger partial charge in [0.1, 0.15) is 17.9 Å². The van der Waals surface area contributed by atoms with Crippen LogP contribution in [-0.2, 0) is 9.63 Å². The van der Waals surface area contributed by atoms with Crippen molar-refractivity contribution in [2.75, 3.05) is 67.5 Å². The van der Waals surface area contributed by atoms with E-state index in [-0.39, 0.29) is 11.9 Å². The maximum absolute atomic E-state index is 12.4. The van der Waals surface area contributed by atoms with Crippen molar-refractivity contribution in [2.45, 2.75) is 12.5 Å². The number of anilines is 5. The molecule has 0 aliphatic carbocycles. The van der Waals surface area contributed by atoms with E-state index in [4.69, 9.17) is 9.57 Å². The molecule has 2 saturated heterocycles. The maximum Gasteiger partial charge on any atom is 0.247 e. The number of nitrogens with zero attached hydrogens (tertiary/aromatic N) is 5. The number of ether oxygens (including phenoxy) is 1. The number of rotatable bonds is 8. The van der Waals surface area contributed by atoms with Crippen LogP contribution in [0.2, 0.25) is 0 Å². The predicted octanol–water partition coefficient (Wildman–Crippen LogP) is 5.14. The molecule has 0 radical (unpaired) electrons. The molecule has 1 aromatic heterocycles. The van der Waals surface area contributed by atoms with Crippen LogP contribution in [0.5, 0.6) is 5.75 Å². The number of amides is 1. The molecule has 42 heavy (non-hydrogen) atoms. The largest absolute Gasteiger partial charge is 0.494 e. The van der Waals surface area contributed by atoms with Gasteiger partial charge in [-0.3, -0.25) is 9.63 Å². The first-order valence-electron chi connectivity index (χ1n) is 14.1. The summed E-state index contributed by atoms with van der Waals surface area (Å²) in [4.78, 5) is 32.0. The van der Waals surface area contributed by atoms with Gasteiger partial charge in [-0.15, -0.1) is 0 Å². The van der Waals surface area contributed by atoms with Crippen molar-refractivity contribution < 1.29 is 14.4 Å². The molecule has 216 valence electrons. The molecule has 6 rings (SSSR count). The van der Waals surface area contributed by atoms with Crippen LogP contribution in [0.3, 0.4) is 0 Å². The molecule has 10 heteroatoms. The van der Waals surface area contributed by atoms with E-state index in [0.717, 1.165) is 38.3 Å². The number of hydrogen-bond donors (Lipinski definition) is 2. The first kappa shape index (κ1) is 27.5. The Bertz CT molecular complexity index is 1600. The lowest BCUT2D eigenvalue weighted by molar-refractivity contribution is -0.111. The average molecular weight is 566 g/mol. The Morgan fingerprint density at radius 1 is 1.05 bits per heavy atom. The normalized spacial score (nSPS) is 17.3. The Morgan fingerprint density at radius 3 is 2.67 bits per heavy atom. The molecule has 2 aliphatic heterocycles. The second-order valence-corrected chi connectivity index (χ2v) is 10.5. The van der Waals surface area contributed by atoms with Crippen molar-refractivity contribution in [3.05, 3.63) is 85.2 Å². The van der Waals surface area contributed by atoms with E-state index < -0.39 is 0 Å². The second-order valence-electron chi connectivity index (χ2n) is 10.5. The minimum atomic E-state index is -0.281. The summed E-state index contributed by atoms with van der Waals surface area (Å²) in [5.74, 6) is 1.57. The summed E-state index contributed by atoms with van der Waals surface area (Å²) >= 11 is 0. The summed E-state index contributed by atoms with van der Waals surface area (Å²) in [6.45, 7) is 7.75. The highest BCUT2D eigenvalue weighted by Crippen LogP contribution is 2.40. The minimum absolute atomic E-state index is 0.0111. The third kappa shape index (κ3) is 5.59. The molecule has 0 spiro atoms. The molecule has 2 fully saturated rings. The van der Waals surface area contributed by atoms with Crippen LogP contribution in [0, 0.1) is 0 Å². The number of fused-ring (bicyclic) bond motifs is 1. The van der Waals surface area contributed by atoms with E-state index in [2.05, 4.69) is 86.5 Å².